The number of alkyl halides is 3. The van der Waals surface area contributed by atoms with Crippen LogP contribution < -0.4 is 9.88 Å². The van der Waals surface area contributed by atoms with Crippen molar-refractivity contribution in [3.63, 3.8) is 0 Å². The van der Waals surface area contributed by atoms with E-state index in [-0.39, 0.29) is 5.75 Å². The second kappa shape index (κ2) is 4.36. The normalized spacial score (nSPS) is 19.3. The van der Waals surface area contributed by atoms with Crippen LogP contribution in [0.2, 0.25) is 0 Å². The van der Waals surface area contributed by atoms with Gasteiger partial charge in [-0.3, -0.25) is 0 Å². The first-order valence-electron chi connectivity index (χ1n) is 5.81. The van der Waals surface area contributed by atoms with Crippen molar-refractivity contribution in [1.29, 1.82) is 0 Å². The lowest BCUT2D eigenvalue weighted by Gasteiger charge is -2.22. The third-order valence-electron chi connectivity index (χ3n) is 3.03. The molecule has 1 atom stereocenters. The predicted octanol–water partition coefficient (Wildman–Crippen LogP) is 2.29. The number of sulfonamides is 1. The molecule has 0 spiro atoms. The zero-order valence-electron chi connectivity index (χ0n) is 10.9. The molecule has 0 saturated heterocycles. The van der Waals surface area contributed by atoms with Gasteiger partial charge < -0.3 is 4.74 Å². The third kappa shape index (κ3) is 2.76. The number of hydrogen-bond donors (Lipinski definition) is 1. The van der Waals surface area contributed by atoms with Crippen molar-refractivity contribution in [3.8, 4) is 5.75 Å². The van der Waals surface area contributed by atoms with E-state index in [2.05, 4.69) is 0 Å². The molecule has 0 fully saturated rings. The van der Waals surface area contributed by atoms with Gasteiger partial charge in [-0.15, -0.1) is 0 Å². The molecule has 1 aromatic rings. The highest BCUT2D eigenvalue weighted by Crippen LogP contribution is 2.46. The lowest BCUT2D eigenvalue weighted by atomic mass is 9.99. The minimum absolute atomic E-state index is 0.0335. The number of nitrogens with two attached hydrogens (primary N) is 1. The molecule has 0 amide bonds. The summed E-state index contributed by atoms with van der Waals surface area (Å²) in [7, 11) is -4.84. The largest absolute Gasteiger partial charge is 0.487 e. The number of hydrogen-bond acceptors (Lipinski definition) is 3. The summed E-state index contributed by atoms with van der Waals surface area (Å²) < 4.78 is 67.3. The van der Waals surface area contributed by atoms with Gasteiger partial charge >= 0.3 is 6.18 Å². The molecule has 1 aliphatic heterocycles. The fourth-order valence-electron chi connectivity index (χ4n) is 2.39. The number of primary sulfonamides is 1. The molecule has 20 heavy (non-hydrogen) atoms. The molecule has 112 valence electrons. The molecule has 4 nitrogen and oxygen atoms in total. The number of halogens is 3. The van der Waals surface area contributed by atoms with Crippen molar-refractivity contribution < 1.29 is 26.3 Å². The van der Waals surface area contributed by atoms with Crippen LogP contribution in [0.1, 0.15) is 30.2 Å². The summed E-state index contributed by atoms with van der Waals surface area (Å²) in [6.45, 7) is 3.44. The van der Waals surface area contributed by atoms with E-state index in [9.17, 15) is 21.6 Å². The number of para-hydroxylation sites is 1. The monoisotopic (exact) mass is 309 g/mol. The van der Waals surface area contributed by atoms with Gasteiger partial charge in [0.15, 0.2) is 5.25 Å². The summed E-state index contributed by atoms with van der Waals surface area (Å²) >= 11 is 0. The average Bonchev–Trinajstić information content (AvgIpc) is 2.48. The van der Waals surface area contributed by atoms with E-state index < -0.39 is 32.6 Å². The maximum absolute atomic E-state index is 13.0. The Labute approximate surface area is 114 Å². The van der Waals surface area contributed by atoms with Crippen molar-refractivity contribution in [2.45, 2.75) is 37.3 Å². The van der Waals surface area contributed by atoms with Gasteiger partial charge in [0, 0.05) is 12.0 Å². The van der Waals surface area contributed by atoms with Crippen molar-refractivity contribution in [1.82, 2.24) is 0 Å². The minimum atomic E-state index is -5.00. The summed E-state index contributed by atoms with van der Waals surface area (Å²) in [4.78, 5) is 0. The number of ether oxygens (including phenoxy) is 1. The van der Waals surface area contributed by atoms with Crippen LogP contribution in [0, 0.1) is 0 Å². The fraction of sp³-hybridized carbons (Fsp3) is 0.500. The van der Waals surface area contributed by atoms with E-state index in [1.165, 1.54) is 6.07 Å². The second-order valence-electron chi connectivity index (χ2n) is 5.38. The molecule has 0 aliphatic carbocycles. The Morgan fingerprint density at radius 3 is 2.45 bits per heavy atom. The maximum atomic E-state index is 13.0. The summed E-state index contributed by atoms with van der Waals surface area (Å²) in [5, 5.41) is 1.98. The summed E-state index contributed by atoms with van der Waals surface area (Å²) in [5.74, 6) is -0.0335. The van der Waals surface area contributed by atoms with Gasteiger partial charge in [-0.2, -0.15) is 13.2 Å². The second-order valence-corrected chi connectivity index (χ2v) is 7.03. The Balaban J connectivity index is 2.62. The zero-order chi connectivity index (χ0) is 15.3. The van der Waals surface area contributed by atoms with Gasteiger partial charge in [0.25, 0.3) is 0 Å². The van der Waals surface area contributed by atoms with Crippen molar-refractivity contribution in [3.05, 3.63) is 29.3 Å². The van der Waals surface area contributed by atoms with Crippen molar-refractivity contribution >= 4 is 10.0 Å². The van der Waals surface area contributed by atoms with Crippen LogP contribution in [0.25, 0.3) is 0 Å². The first-order valence-corrected chi connectivity index (χ1v) is 7.42. The molecule has 0 radical (unpaired) electrons. The highest BCUT2D eigenvalue weighted by atomic mass is 32.2. The van der Waals surface area contributed by atoms with Crippen LogP contribution in [0.5, 0.6) is 5.75 Å². The van der Waals surface area contributed by atoms with E-state index in [1.54, 1.807) is 19.9 Å². The molecule has 0 aromatic heterocycles. The number of benzene rings is 1. The van der Waals surface area contributed by atoms with E-state index in [0.29, 0.717) is 12.0 Å². The first-order chi connectivity index (χ1) is 8.92. The molecule has 1 heterocycles. The van der Waals surface area contributed by atoms with Crippen molar-refractivity contribution in [2.75, 3.05) is 0 Å². The molecular weight excluding hydrogens is 295 g/mol. The topological polar surface area (TPSA) is 69.4 Å². The summed E-state index contributed by atoms with van der Waals surface area (Å²) in [6, 6.07) is 4.08. The quantitative estimate of drug-likeness (QED) is 0.911. The minimum Gasteiger partial charge on any atom is -0.487 e. The Morgan fingerprint density at radius 1 is 1.35 bits per heavy atom. The van der Waals surface area contributed by atoms with Gasteiger partial charge in [-0.05, 0) is 19.4 Å². The van der Waals surface area contributed by atoms with Crippen LogP contribution in [0.4, 0.5) is 13.2 Å². The van der Waals surface area contributed by atoms with Gasteiger partial charge in [0.1, 0.15) is 11.4 Å². The maximum Gasteiger partial charge on any atom is 0.410 e. The molecule has 1 unspecified atom stereocenters. The Bertz CT molecular complexity index is 638. The Kier molecular flexibility index (Phi) is 3.29. The smallest absolute Gasteiger partial charge is 0.410 e. The van der Waals surface area contributed by atoms with Crippen LogP contribution in [0.3, 0.4) is 0 Å². The van der Waals surface area contributed by atoms with E-state index in [0.717, 1.165) is 6.07 Å². The average molecular weight is 309 g/mol. The van der Waals surface area contributed by atoms with Crippen LogP contribution in [-0.4, -0.2) is 20.2 Å². The lowest BCUT2D eigenvalue weighted by Crippen LogP contribution is -2.34. The van der Waals surface area contributed by atoms with Crippen molar-refractivity contribution in [2.24, 2.45) is 5.14 Å². The lowest BCUT2D eigenvalue weighted by molar-refractivity contribution is -0.132. The number of rotatable bonds is 2. The van der Waals surface area contributed by atoms with Crippen LogP contribution >= 0.6 is 0 Å². The number of fused-ring (bicyclic) bond motifs is 1. The van der Waals surface area contributed by atoms with Gasteiger partial charge in [0.2, 0.25) is 10.0 Å². The SMILES string of the molecule is CC1(C)Cc2cccc(C(C(F)(F)F)S(N)(=O)=O)c2O1. The molecule has 0 bridgehead atoms. The first kappa shape index (κ1) is 15.1. The van der Waals surface area contributed by atoms with Crippen LogP contribution in [0.15, 0.2) is 18.2 Å². The Hall–Kier alpha value is -1.28. The molecule has 1 aliphatic rings. The van der Waals surface area contributed by atoms with E-state index in [1.807, 2.05) is 0 Å². The zero-order valence-corrected chi connectivity index (χ0v) is 11.7. The fourth-order valence-corrected chi connectivity index (χ4v) is 3.30. The Morgan fingerprint density at radius 2 is 1.95 bits per heavy atom. The molecule has 1 aromatic carbocycles. The van der Waals surface area contributed by atoms with Gasteiger partial charge in [0.05, 0.1) is 0 Å². The van der Waals surface area contributed by atoms with Gasteiger partial charge in [-0.1, -0.05) is 18.2 Å². The standard InChI is InChI=1S/C12H14F3NO3S/c1-11(2)6-7-4-3-5-8(9(7)19-11)10(12(13,14)15)20(16,17)18/h3-5,10H,6H2,1-2H3,(H2,16,17,18). The van der Waals surface area contributed by atoms with E-state index >= 15 is 0 Å². The molecule has 8 heteroatoms. The highest BCUT2D eigenvalue weighted by Gasteiger charge is 2.51. The third-order valence-corrected chi connectivity index (χ3v) is 4.21. The molecular formula is C12H14F3NO3S. The van der Waals surface area contributed by atoms with Gasteiger partial charge in [-0.25, -0.2) is 13.6 Å². The highest BCUT2D eigenvalue weighted by molar-refractivity contribution is 7.89. The van der Waals surface area contributed by atoms with Crippen LogP contribution in [-0.2, 0) is 16.4 Å². The molecule has 2 rings (SSSR count). The van der Waals surface area contributed by atoms with E-state index in [4.69, 9.17) is 9.88 Å². The molecule has 2 N–H and O–H groups in total. The summed E-state index contributed by atoms with van der Waals surface area (Å²) in [5.41, 5.74) is -0.582. The predicted molar refractivity (Wildman–Crippen MR) is 66.8 cm³/mol. The summed E-state index contributed by atoms with van der Waals surface area (Å²) in [6.07, 6.45) is -4.59. The molecule has 0 saturated carbocycles.